The summed E-state index contributed by atoms with van der Waals surface area (Å²) in [6.07, 6.45) is 0.850. The first-order valence-electron chi connectivity index (χ1n) is 10.1. The molecule has 0 fully saturated rings. The Hall–Kier alpha value is -3.77. The van der Waals surface area contributed by atoms with Gasteiger partial charge in [0.1, 0.15) is 5.69 Å². The predicted octanol–water partition coefficient (Wildman–Crippen LogP) is 5.82. The van der Waals surface area contributed by atoms with Crippen LogP contribution >= 0.6 is 11.3 Å². The zero-order valence-corrected chi connectivity index (χ0v) is 17.3. The fraction of sp³-hybridized carbons (Fsp3) is 0.0800. The van der Waals surface area contributed by atoms with Gasteiger partial charge >= 0.3 is 0 Å². The molecular formula is C25H17N3O2S. The van der Waals surface area contributed by atoms with E-state index in [1.807, 2.05) is 77.0 Å². The molecule has 0 unspecified atom stereocenters. The molecule has 0 N–H and O–H groups in total. The quantitative estimate of drug-likeness (QED) is 0.367. The number of amides is 1. The second-order valence-corrected chi connectivity index (χ2v) is 8.39. The molecule has 2 aromatic carbocycles. The summed E-state index contributed by atoms with van der Waals surface area (Å²) in [5.41, 5.74) is 5.33. The van der Waals surface area contributed by atoms with Gasteiger partial charge in [-0.05, 0) is 35.6 Å². The Kier molecular flexibility index (Phi) is 4.18. The van der Waals surface area contributed by atoms with E-state index in [0.29, 0.717) is 34.6 Å². The van der Waals surface area contributed by atoms with Gasteiger partial charge in [-0.2, -0.15) is 0 Å². The maximum Gasteiger partial charge on any atom is 0.259 e. The highest BCUT2D eigenvalue weighted by Gasteiger charge is 2.29. The molecule has 31 heavy (non-hydrogen) atoms. The van der Waals surface area contributed by atoms with Crippen molar-refractivity contribution >= 4 is 34.0 Å². The third-order valence-corrected chi connectivity index (χ3v) is 6.52. The average molecular weight is 423 g/mol. The number of para-hydroxylation sites is 1. The van der Waals surface area contributed by atoms with Crippen molar-refractivity contribution in [2.75, 3.05) is 11.4 Å². The molecule has 1 aliphatic rings. The Bertz CT molecular complexity index is 1410. The summed E-state index contributed by atoms with van der Waals surface area (Å²) in [7, 11) is 0. The van der Waals surface area contributed by atoms with Crippen molar-refractivity contribution in [1.82, 2.24) is 10.1 Å². The van der Waals surface area contributed by atoms with Gasteiger partial charge in [-0.3, -0.25) is 4.79 Å². The standard InChI is InChI=1S/C25H17N3O2S/c29-25(28-13-12-16-7-4-5-10-20(16)28)18-15-19(21-11-6-14-31-21)26-24-22(18)23(27-30-24)17-8-2-1-3-9-17/h1-11,14-15H,12-13H2. The summed E-state index contributed by atoms with van der Waals surface area (Å²) in [6, 6.07) is 23.7. The summed E-state index contributed by atoms with van der Waals surface area (Å²) in [4.78, 5) is 21.4. The smallest absolute Gasteiger partial charge is 0.259 e. The maximum absolute atomic E-state index is 13.9. The van der Waals surface area contributed by atoms with Crippen molar-refractivity contribution in [1.29, 1.82) is 0 Å². The first-order chi connectivity index (χ1) is 15.3. The highest BCUT2D eigenvalue weighted by atomic mass is 32.1. The van der Waals surface area contributed by atoms with E-state index in [0.717, 1.165) is 22.5 Å². The maximum atomic E-state index is 13.9. The monoisotopic (exact) mass is 423 g/mol. The Balaban J connectivity index is 1.57. The Morgan fingerprint density at radius 1 is 1.00 bits per heavy atom. The lowest BCUT2D eigenvalue weighted by molar-refractivity contribution is 0.0991. The fourth-order valence-electron chi connectivity index (χ4n) is 4.16. The number of carbonyl (C=O) groups excluding carboxylic acids is 1. The Labute approximate surface area is 182 Å². The van der Waals surface area contributed by atoms with Gasteiger partial charge in [0, 0.05) is 17.8 Å². The van der Waals surface area contributed by atoms with Crippen LogP contribution in [0.15, 0.2) is 82.7 Å². The van der Waals surface area contributed by atoms with Gasteiger partial charge in [-0.1, -0.05) is 59.8 Å². The third kappa shape index (κ3) is 2.95. The molecule has 150 valence electrons. The fourth-order valence-corrected chi connectivity index (χ4v) is 4.84. The molecule has 1 aliphatic heterocycles. The summed E-state index contributed by atoms with van der Waals surface area (Å²) < 4.78 is 5.64. The number of aromatic nitrogens is 2. The lowest BCUT2D eigenvalue weighted by Gasteiger charge is -2.18. The number of thiophene rings is 1. The lowest BCUT2D eigenvalue weighted by Crippen LogP contribution is -2.29. The zero-order chi connectivity index (χ0) is 20.8. The molecule has 0 aliphatic carbocycles. The van der Waals surface area contributed by atoms with Crippen molar-refractivity contribution in [2.45, 2.75) is 6.42 Å². The van der Waals surface area contributed by atoms with Crippen molar-refractivity contribution in [2.24, 2.45) is 0 Å². The summed E-state index contributed by atoms with van der Waals surface area (Å²) >= 11 is 1.58. The van der Waals surface area contributed by atoms with E-state index < -0.39 is 0 Å². The SMILES string of the molecule is O=C(c1cc(-c2cccs2)nc2onc(-c3ccccc3)c12)N1CCc2ccccc21. The molecule has 0 bridgehead atoms. The van der Waals surface area contributed by atoms with Gasteiger partial charge in [0.25, 0.3) is 11.6 Å². The second-order valence-electron chi connectivity index (χ2n) is 7.45. The van der Waals surface area contributed by atoms with E-state index in [1.54, 1.807) is 11.3 Å². The molecular weight excluding hydrogens is 406 g/mol. The summed E-state index contributed by atoms with van der Waals surface area (Å²) in [6.45, 7) is 0.655. The molecule has 1 amide bonds. The van der Waals surface area contributed by atoms with Crippen LogP contribution in [0.2, 0.25) is 0 Å². The van der Waals surface area contributed by atoms with E-state index in [-0.39, 0.29) is 5.91 Å². The number of rotatable bonds is 3. The molecule has 5 aromatic rings. The van der Waals surface area contributed by atoms with Crippen LogP contribution in [0.5, 0.6) is 0 Å². The normalized spacial score (nSPS) is 13.0. The topological polar surface area (TPSA) is 59.2 Å². The highest BCUT2D eigenvalue weighted by molar-refractivity contribution is 7.13. The molecule has 5 nitrogen and oxygen atoms in total. The molecule has 0 spiro atoms. The first-order valence-corrected chi connectivity index (χ1v) is 11.0. The highest BCUT2D eigenvalue weighted by Crippen LogP contribution is 2.36. The van der Waals surface area contributed by atoms with E-state index in [9.17, 15) is 4.79 Å². The number of carbonyl (C=O) groups is 1. The minimum absolute atomic E-state index is 0.0597. The van der Waals surface area contributed by atoms with Gasteiger partial charge in [0.05, 0.1) is 21.5 Å². The number of pyridine rings is 1. The Morgan fingerprint density at radius 2 is 1.84 bits per heavy atom. The van der Waals surface area contributed by atoms with Crippen molar-refractivity contribution in [3.63, 3.8) is 0 Å². The van der Waals surface area contributed by atoms with Crippen LogP contribution in [0.25, 0.3) is 32.9 Å². The molecule has 4 heterocycles. The minimum atomic E-state index is -0.0597. The largest absolute Gasteiger partial charge is 0.335 e. The van der Waals surface area contributed by atoms with Crippen LogP contribution in [-0.4, -0.2) is 22.6 Å². The number of hydrogen-bond acceptors (Lipinski definition) is 5. The number of hydrogen-bond donors (Lipinski definition) is 0. The summed E-state index contributed by atoms with van der Waals surface area (Å²) in [5.74, 6) is -0.0597. The van der Waals surface area contributed by atoms with Crippen LogP contribution in [-0.2, 0) is 6.42 Å². The van der Waals surface area contributed by atoms with Crippen LogP contribution in [0.4, 0.5) is 5.69 Å². The van der Waals surface area contributed by atoms with Crippen molar-refractivity contribution in [3.8, 4) is 21.8 Å². The molecule has 0 radical (unpaired) electrons. The van der Waals surface area contributed by atoms with Crippen LogP contribution < -0.4 is 4.90 Å². The van der Waals surface area contributed by atoms with E-state index in [2.05, 4.69) is 16.2 Å². The van der Waals surface area contributed by atoms with E-state index in [4.69, 9.17) is 4.52 Å². The van der Waals surface area contributed by atoms with Crippen molar-refractivity contribution < 1.29 is 9.32 Å². The van der Waals surface area contributed by atoms with Gasteiger partial charge < -0.3 is 9.42 Å². The average Bonchev–Trinajstić information content (AvgIpc) is 3.58. The van der Waals surface area contributed by atoms with Crippen LogP contribution in [0, 0.1) is 0 Å². The van der Waals surface area contributed by atoms with Crippen molar-refractivity contribution in [3.05, 3.63) is 89.3 Å². The molecule has 3 aromatic heterocycles. The van der Waals surface area contributed by atoms with E-state index >= 15 is 0 Å². The zero-order valence-electron chi connectivity index (χ0n) is 16.5. The van der Waals surface area contributed by atoms with E-state index in [1.165, 1.54) is 5.56 Å². The predicted molar refractivity (Wildman–Crippen MR) is 122 cm³/mol. The first kappa shape index (κ1) is 18.0. The van der Waals surface area contributed by atoms with Gasteiger partial charge in [0.15, 0.2) is 0 Å². The molecule has 6 rings (SSSR count). The second kappa shape index (κ2) is 7.18. The van der Waals surface area contributed by atoms with Gasteiger partial charge in [-0.25, -0.2) is 4.98 Å². The molecule has 6 heteroatoms. The van der Waals surface area contributed by atoms with Crippen LogP contribution in [0.3, 0.4) is 0 Å². The molecule has 0 saturated carbocycles. The number of anilines is 1. The number of benzene rings is 2. The summed E-state index contributed by atoms with van der Waals surface area (Å²) in [5, 5.41) is 6.95. The number of nitrogens with zero attached hydrogens (tertiary/aromatic N) is 3. The minimum Gasteiger partial charge on any atom is -0.335 e. The lowest BCUT2D eigenvalue weighted by atomic mass is 10.0. The van der Waals surface area contributed by atoms with Gasteiger partial charge in [0.2, 0.25) is 0 Å². The Morgan fingerprint density at radius 3 is 2.68 bits per heavy atom. The van der Waals surface area contributed by atoms with Gasteiger partial charge in [-0.15, -0.1) is 11.3 Å². The number of fused-ring (bicyclic) bond motifs is 2. The molecule has 0 saturated heterocycles. The third-order valence-electron chi connectivity index (χ3n) is 5.63. The molecule has 0 atom stereocenters. The van der Waals surface area contributed by atoms with Crippen LogP contribution in [0.1, 0.15) is 15.9 Å².